The molecule has 0 radical (unpaired) electrons. The number of allylic oxidation sites excluding steroid dienone is 2. The average molecular weight is 377 g/mol. The molecule has 1 aromatic heterocycles. The van der Waals surface area contributed by atoms with Crippen molar-refractivity contribution in [1.29, 1.82) is 0 Å². The topological polar surface area (TPSA) is 59.8 Å². The Hall–Kier alpha value is -1.85. The molecule has 1 aromatic carbocycles. The van der Waals surface area contributed by atoms with Gasteiger partial charge in [-0.2, -0.15) is 10.1 Å². The number of carbonyl (C=O) groups is 1. The van der Waals surface area contributed by atoms with E-state index in [-0.39, 0.29) is 23.2 Å². The third-order valence-electron chi connectivity index (χ3n) is 4.71. The highest BCUT2D eigenvalue weighted by Crippen LogP contribution is 2.46. The number of anilines is 1. The third-order valence-corrected chi connectivity index (χ3v) is 5.27. The van der Waals surface area contributed by atoms with Crippen LogP contribution in [0.5, 0.6) is 0 Å². The summed E-state index contributed by atoms with van der Waals surface area (Å²) in [7, 11) is 0. The largest absolute Gasteiger partial charge is 0.328 e. The molecule has 0 bridgehead atoms. The molecule has 7 heteroatoms. The summed E-state index contributed by atoms with van der Waals surface area (Å²) in [5.74, 6) is 1.08. The molecule has 2 aromatic rings. The van der Waals surface area contributed by atoms with E-state index in [0.717, 1.165) is 11.3 Å². The zero-order chi connectivity index (χ0) is 17.9. The van der Waals surface area contributed by atoms with Crippen molar-refractivity contribution in [3.8, 4) is 0 Å². The molecule has 130 valence electrons. The first-order valence-electron chi connectivity index (χ1n) is 8.16. The van der Waals surface area contributed by atoms with E-state index < -0.39 is 0 Å². The Kier molecular flexibility index (Phi) is 3.71. The van der Waals surface area contributed by atoms with Crippen LogP contribution < -0.4 is 5.32 Å². The Morgan fingerprint density at radius 2 is 2.08 bits per heavy atom. The summed E-state index contributed by atoms with van der Waals surface area (Å²) in [5.41, 5.74) is 1.50. The lowest BCUT2D eigenvalue weighted by atomic mass is 9.72. The number of ketones is 1. The zero-order valence-corrected chi connectivity index (χ0v) is 15.7. The summed E-state index contributed by atoms with van der Waals surface area (Å²) in [6.45, 7) is 5.95. The molecule has 0 unspecified atom stereocenters. The smallest absolute Gasteiger partial charge is 0.226 e. The molecule has 0 saturated carbocycles. The van der Waals surface area contributed by atoms with Crippen molar-refractivity contribution in [1.82, 2.24) is 14.8 Å². The van der Waals surface area contributed by atoms with Crippen LogP contribution >= 0.6 is 23.2 Å². The fourth-order valence-electron chi connectivity index (χ4n) is 3.79. The fraction of sp³-hybridized carbons (Fsp3) is 0.389. The third kappa shape index (κ3) is 2.75. The Morgan fingerprint density at radius 3 is 2.80 bits per heavy atom. The summed E-state index contributed by atoms with van der Waals surface area (Å²) < 4.78 is 1.77. The summed E-state index contributed by atoms with van der Waals surface area (Å²) in [4.78, 5) is 17.5. The number of aryl methyl sites for hydroxylation is 1. The second-order valence-corrected chi connectivity index (χ2v) is 8.22. The van der Waals surface area contributed by atoms with Gasteiger partial charge in [-0.05, 0) is 30.0 Å². The van der Waals surface area contributed by atoms with Gasteiger partial charge in [-0.3, -0.25) is 4.79 Å². The van der Waals surface area contributed by atoms with Crippen LogP contribution in [-0.2, 0) is 4.79 Å². The van der Waals surface area contributed by atoms with Gasteiger partial charge in [-0.15, -0.1) is 0 Å². The van der Waals surface area contributed by atoms with Crippen LogP contribution in [-0.4, -0.2) is 20.5 Å². The van der Waals surface area contributed by atoms with Crippen molar-refractivity contribution in [2.75, 3.05) is 5.32 Å². The zero-order valence-electron chi connectivity index (χ0n) is 14.2. The van der Waals surface area contributed by atoms with Crippen molar-refractivity contribution in [3.05, 3.63) is 51.4 Å². The van der Waals surface area contributed by atoms with Crippen LogP contribution in [0.1, 0.15) is 37.7 Å². The lowest BCUT2D eigenvalue weighted by Crippen LogP contribution is -2.42. The highest BCUT2D eigenvalue weighted by molar-refractivity contribution is 6.35. The van der Waals surface area contributed by atoms with Gasteiger partial charge in [0.25, 0.3) is 0 Å². The van der Waals surface area contributed by atoms with E-state index in [1.54, 1.807) is 16.8 Å². The van der Waals surface area contributed by atoms with Crippen LogP contribution in [0.15, 0.2) is 30.0 Å². The number of hydrogen-bond acceptors (Lipinski definition) is 4. The molecule has 0 fully saturated rings. The number of fused-ring (bicyclic) bond motifs is 2. The predicted molar refractivity (Wildman–Crippen MR) is 98.0 cm³/mol. The maximum atomic E-state index is 13.0. The van der Waals surface area contributed by atoms with Crippen LogP contribution in [0.3, 0.4) is 0 Å². The number of hydrogen-bond donors (Lipinski definition) is 1. The molecule has 25 heavy (non-hydrogen) atoms. The number of nitrogens with one attached hydrogen (secondary N) is 1. The van der Waals surface area contributed by atoms with E-state index in [9.17, 15) is 4.79 Å². The Labute approximate surface area is 156 Å². The van der Waals surface area contributed by atoms with E-state index in [1.165, 1.54) is 0 Å². The highest BCUT2D eigenvalue weighted by Gasteiger charge is 2.45. The molecule has 0 spiro atoms. The standard InChI is InChI=1S/C18H18Cl2N4O/c1-9-21-17-22-13-7-18(2,3)8-14(25)15(13)16(24(17)23-9)11-5-4-10(19)6-12(11)20/h4-7,15-16H,8H2,1-3H3,(H,21,22,23)/t15-,16-/m1/s1. The number of Topliss-reactive ketones (excluding diaryl/α,β-unsaturated/α-hetero) is 1. The maximum absolute atomic E-state index is 13.0. The minimum Gasteiger partial charge on any atom is -0.328 e. The molecular formula is C18H18Cl2N4O. The minimum atomic E-state index is -0.361. The Morgan fingerprint density at radius 1 is 1.32 bits per heavy atom. The molecule has 2 atom stereocenters. The monoisotopic (exact) mass is 376 g/mol. The number of carbonyl (C=O) groups excluding carboxylic acids is 1. The van der Waals surface area contributed by atoms with E-state index in [0.29, 0.717) is 28.2 Å². The van der Waals surface area contributed by atoms with Gasteiger partial charge in [0.2, 0.25) is 5.95 Å². The molecule has 2 aliphatic rings. The quantitative estimate of drug-likeness (QED) is 0.800. The summed E-state index contributed by atoms with van der Waals surface area (Å²) >= 11 is 12.5. The van der Waals surface area contributed by atoms with E-state index in [2.05, 4.69) is 35.3 Å². The van der Waals surface area contributed by atoms with Crippen molar-refractivity contribution in [2.45, 2.75) is 33.2 Å². The SMILES string of the molecule is Cc1nc2n(n1)[C@H](c1ccc(Cl)cc1Cl)[C@H]1C(=O)CC(C)(C)C=C1N2. The van der Waals surface area contributed by atoms with Gasteiger partial charge in [0.05, 0.1) is 12.0 Å². The van der Waals surface area contributed by atoms with Gasteiger partial charge in [0, 0.05) is 22.2 Å². The van der Waals surface area contributed by atoms with Crippen molar-refractivity contribution < 1.29 is 4.79 Å². The van der Waals surface area contributed by atoms with Crippen molar-refractivity contribution in [2.24, 2.45) is 11.3 Å². The predicted octanol–water partition coefficient (Wildman–Crippen LogP) is 4.41. The second kappa shape index (κ2) is 5.58. The molecule has 1 aliphatic carbocycles. The van der Waals surface area contributed by atoms with Gasteiger partial charge in [-0.25, -0.2) is 4.68 Å². The molecule has 2 heterocycles. The summed E-state index contributed by atoms with van der Waals surface area (Å²) in [6.07, 6.45) is 2.61. The number of nitrogens with zero attached hydrogens (tertiary/aromatic N) is 3. The first kappa shape index (κ1) is 16.6. The average Bonchev–Trinajstić information content (AvgIpc) is 2.84. The van der Waals surface area contributed by atoms with Crippen molar-refractivity contribution in [3.63, 3.8) is 0 Å². The Balaban J connectivity index is 1.95. The number of aromatic nitrogens is 3. The van der Waals surface area contributed by atoms with E-state index >= 15 is 0 Å². The first-order valence-corrected chi connectivity index (χ1v) is 8.91. The van der Waals surface area contributed by atoms with Crippen molar-refractivity contribution >= 4 is 34.9 Å². The van der Waals surface area contributed by atoms with Crippen LogP contribution in [0, 0.1) is 18.3 Å². The molecule has 0 saturated heterocycles. The normalized spacial score (nSPS) is 24.2. The number of rotatable bonds is 1. The molecule has 1 N–H and O–H groups in total. The van der Waals surface area contributed by atoms with Gasteiger partial charge >= 0.3 is 0 Å². The molecule has 4 rings (SSSR count). The molecule has 5 nitrogen and oxygen atoms in total. The van der Waals surface area contributed by atoms with E-state index in [1.807, 2.05) is 13.0 Å². The number of halogens is 2. The lowest BCUT2D eigenvalue weighted by molar-refractivity contribution is -0.125. The van der Waals surface area contributed by atoms with Crippen LogP contribution in [0.2, 0.25) is 10.0 Å². The first-order chi connectivity index (χ1) is 11.7. The van der Waals surface area contributed by atoms with Gasteiger partial charge in [-0.1, -0.05) is 49.2 Å². The summed E-state index contributed by atoms with van der Waals surface area (Å²) in [6, 6.07) is 5.02. The molecule has 0 amide bonds. The lowest BCUT2D eigenvalue weighted by Gasteiger charge is -2.40. The van der Waals surface area contributed by atoms with Gasteiger partial charge in [0.1, 0.15) is 11.6 Å². The van der Waals surface area contributed by atoms with Crippen LogP contribution in [0.4, 0.5) is 5.95 Å². The van der Waals surface area contributed by atoms with Crippen LogP contribution in [0.25, 0.3) is 0 Å². The van der Waals surface area contributed by atoms with Gasteiger partial charge < -0.3 is 5.32 Å². The molecular weight excluding hydrogens is 359 g/mol. The maximum Gasteiger partial charge on any atom is 0.226 e. The Bertz CT molecular complexity index is 916. The molecule has 1 aliphatic heterocycles. The number of benzene rings is 1. The minimum absolute atomic E-state index is 0.171. The fourth-order valence-corrected chi connectivity index (χ4v) is 4.31. The van der Waals surface area contributed by atoms with Gasteiger partial charge in [0.15, 0.2) is 0 Å². The van der Waals surface area contributed by atoms with E-state index in [4.69, 9.17) is 23.2 Å². The highest BCUT2D eigenvalue weighted by atomic mass is 35.5. The summed E-state index contributed by atoms with van der Waals surface area (Å²) in [5, 5.41) is 8.89. The second-order valence-electron chi connectivity index (χ2n) is 7.37.